The second-order valence-electron chi connectivity index (χ2n) is 8.45. The third-order valence-electron chi connectivity index (χ3n) is 5.35. The SMILES string of the molecule is Cc1ccc(Sc2ccc(/C=C3\SC(=O)N(CCOc4cc(C)ccc4C(C)C)C3=O)o2)cc1. The van der Waals surface area contributed by atoms with E-state index in [1.165, 1.54) is 22.2 Å². The summed E-state index contributed by atoms with van der Waals surface area (Å²) in [6, 6.07) is 18.0. The van der Waals surface area contributed by atoms with Gasteiger partial charge in [0, 0.05) is 11.0 Å². The molecule has 5 nitrogen and oxygen atoms in total. The number of hydrogen-bond donors (Lipinski definition) is 0. The Morgan fingerprint density at radius 1 is 1.03 bits per heavy atom. The quantitative estimate of drug-likeness (QED) is 0.307. The Bertz CT molecular complexity index is 1230. The van der Waals surface area contributed by atoms with Crippen molar-refractivity contribution >= 4 is 40.7 Å². The van der Waals surface area contributed by atoms with E-state index in [4.69, 9.17) is 9.15 Å². The lowest BCUT2D eigenvalue weighted by atomic mass is 10.0. The first kappa shape index (κ1) is 24.2. The second kappa shape index (κ2) is 10.6. The van der Waals surface area contributed by atoms with Crippen LogP contribution in [0.2, 0.25) is 0 Å². The molecule has 34 heavy (non-hydrogen) atoms. The number of imide groups is 1. The van der Waals surface area contributed by atoms with Crippen molar-refractivity contribution in [2.75, 3.05) is 13.2 Å². The molecule has 2 heterocycles. The zero-order chi connectivity index (χ0) is 24.2. The maximum atomic E-state index is 12.8. The third kappa shape index (κ3) is 5.77. The molecule has 1 aliphatic rings. The lowest BCUT2D eigenvalue weighted by Crippen LogP contribution is -2.32. The summed E-state index contributed by atoms with van der Waals surface area (Å²) in [4.78, 5) is 28.0. The van der Waals surface area contributed by atoms with Crippen LogP contribution in [0.5, 0.6) is 5.75 Å². The van der Waals surface area contributed by atoms with Crippen LogP contribution in [-0.2, 0) is 4.79 Å². The van der Waals surface area contributed by atoms with Crippen molar-refractivity contribution in [3.05, 3.63) is 82.0 Å². The smallest absolute Gasteiger partial charge is 0.293 e. The molecule has 0 atom stereocenters. The van der Waals surface area contributed by atoms with E-state index in [0.29, 0.717) is 16.6 Å². The monoisotopic (exact) mass is 493 g/mol. The van der Waals surface area contributed by atoms with Gasteiger partial charge in [-0.2, -0.15) is 0 Å². The van der Waals surface area contributed by atoms with E-state index >= 15 is 0 Å². The molecule has 0 bridgehead atoms. The van der Waals surface area contributed by atoms with Gasteiger partial charge >= 0.3 is 0 Å². The summed E-state index contributed by atoms with van der Waals surface area (Å²) in [6.45, 7) is 8.71. The van der Waals surface area contributed by atoms with Crippen LogP contribution in [-0.4, -0.2) is 29.2 Å². The predicted molar refractivity (Wildman–Crippen MR) is 137 cm³/mol. The van der Waals surface area contributed by atoms with E-state index in [1.807, 2.05) is 38.1 Å². The second-order valence-corrected chi connectivity index (χ2v) is 10.5. The molecule has 2 amide bonds. The van der Waals surface area contributed by atoms with Crippen LogP contribution in [0, 0.1) is 13.8 Å². The van der Waals surface area contributed by atoms with E-state index in [-0.39, 0.29) is 24.3 Å². The molecule has 0 radical (unpaired) electrons. The average molecular weight is 494 g/mol. The van der Waals surface area contributed by atoms with Gasteiger partial charge in [0.05, 0.1) is 11.4 Å². The number of aryl methyl sites for hydroxylation is 2. The number of ether oxygens (including phenoxy) is 1. The summed E-state index contributed by atoms with van der Waals surface area (Å²) in [5, 5.41) is 0.427. The summed E-state index contributed by atoms with van der Waals surface area (Å²) in [7, 11) is 0. The number of amides is 2. The standard InChI is InChI=1S/C27H27NO4S2/c1-17(2)22-11-7-19(4)15-23(22)31-14-13-28-26(29)24(34-27(28)30)16-20-8-12-25(32-20)33-21-9-5-18(3)6-10-21/h5-12,15-17H,13-14H2,1-4H3/b24-16-. The van der Waals surface area contributed by atoms with Gasteiger partial charge in [0.15, 0.2) is 5.09 Å². The van der Waals surface area contributed by atoms with Crippen molar-refractivity contribution in [3.63, 3.8) is 0 Å². The molecule has 0 saturated carbocycles. The summed E-state index contributed by atoms with van der Waals surface area (Å²) in [6.07, 6.45) is 1.63. The molecule has 1 fully saturated rings. The van der Waals surface area contributed by atoms with Crippen LogP contribution in [0.25, 0.3) is 6.08 Å². The number of nitrogens with zero attached hydrogens (tertiary/aromatic N) is 1. The number of furan rings is 1. The highest BCUT2D eigenvalue weighted by Gasteiger charge is 2.35. The van der Waals surface area contributed by atoms with Gasteiger partial charge in [0.25, 0.3) is 11.1 Å². The fraction of sp³-hybridized carbons (Fsp3) is 0.259. The van der Waals surface area contributed by atoms with E-state index in [0.717, 1.165) is 38.6 Å². The molecule has 1 aromatic heterocycles. The molecular weight excluding hydrogens is 466 g/mol. The van der Waals surface area contributed by atoms with Crippen LogP contribution < -0.4 is 4.74 Å². The van der Waals surface area contributed by atoms with Crippen LogP contribution in [0.4, 0.5) is 4.79 Å². The van der Waals surface area contributed by atoms with Crippen molar-refractivity contribution in [1.29, 1.82) is 0 Å². The van der Waals surface area contributed by atoms with E-state index in [1.54, 1.807) is 12.1 Å². The molecule has 4 rings (SSSR count). The fourth-order valence-corrected chi connectivity index (χ4v) is 5.13. The number of rotatable bonds is 8. The van der Waals surface area contributed by atoms with Gasteiger partial charge in [0.2, 0.25) is 0 Å². The van der Waals surface area contributed by atoms with E-state index in [2.05, 4.69) is 38.1 Å². The Morgan fingerprint density at radius 2 is 1.76 bits per heavy atom. The lowest BCUT2D eigenvalue weighted by molar-refractivity contribution is -0.123. The molecule has 3 aromatic rings. The van der Waals surface area contributed by atoms with Crippen LogP contribution in [0.3, 0.4) is 0 Å². The largest absolute Gasteiger partial charge is 0.491 e. The highest BCUT2D eigenvalue weighted by Crippen LogP contribution is 2.35. The Hall–Kier alpha value is -2.90. The van der Waals surface area contributed by atoms with Crippen LogP contribution in [0.1, 0.15) is 42.2 Å². The summed E-state index contributed by atoms with van der Waals surface area (Å²) in [5.41, 5.74) is 3.41. The Kier molecular flexibility index (Phi) is 7.54. The number of carbonyl (C=O) groups excluding carboxylic acids is 2. The molecule has 176 valence electrons. The van der Waals surface area contributed by atoms with Crippen molar-refractivity contribution in [2.24, 2.45) is 0 Å². The zero-order valence-corrected chi connectivity index (χ0v) is 21.3. The number of carbonyl (C=O) groups is 2. The molecule has 0 N–H and O–H groups in total. The van der Waals surface area contributed by atoms with Crippen molar-refractivity contribution in [3.8, 4) is 5.75 Å². The first-order chi connectivity index (χ1) is 16.3. The summed E-state index contributed by atoms with van der Waals surface area (Å²) in [5.74, 6) is 1.33. The first-order valence-electron chi connectivity index (χ1n) is 11.1. The lowest BCUT2D eigenvalue weighted by Gasteiger charge is -2.17. The summed E-state index contributed by atoms with van der Waals surface area (Å²) < 4.78 is 11.8. The maximum Gasteiger partial charge on any atom is 0.293 e. The Balaban J connectivity index is 1.38. The predicted octanol–water partition coefficient (Wildman–Crippen LogP) is 7.29. The van der Waals surface area contributed by atoms with Crippen molar-refractivity contribution in [1.82, 2.24) is 4.90 Å². The van der Waals surface area contributed by atoms with Crippen molar-refractivity contribution < 1.29 is 18.7 Å². The third-order valence-corrected chi connectivity index (χ3v) is 7.19. The normalized spacial score (nSPS) is 15.1. The molecule has 0 spiro atoms. The summed E-state index contributed by atoms with van der Waals surface area (Å²) >= 11 is 2.43. The average Bonchev–Trinajstić information content (AvgIpc) is 3.34. The minimum atomic E-state index is -0.323. The maximum absolute atomic E-state index is 12.8. The van der Waals surface area contributed by atoms with Crippen LogP contribution >= 0.6 is 23.5 Å². The minimum Gasteiger partial charge on any atom is -0.491 e. The topological polar surface area (TPSA) is 59.8 Å². The van der Waals surface area contributed by atoms with Gasteiger partial charge in [-0.15, -0.1) is 0 Å². The van der Waals surface area contributed by atoms with E-state index in [9.17, 15) is 9.59 Å². The molecule has 1 aliphatic heterocycles. The van der Waals surface area contributed by atoms with Gasteiger partial charge in [0.1, 0.15) is 18.1 Å². The highest BCUT2D eigenvalue weighted by molar-refractivity contribution is 8.18. The Labute approximate surface area is 208 Å². The minimum absolute atomic E-state index is 0.195. The number of benzene rings is 2. The Morgan fingerprint density at radius 3 is 2.50 bits per heavy atom. The highest BCUT2D eigenvalue weighted by atomic mass is 32.2. The molecule has 0 aliphatic carbocycles. The zero-order valence-electron chi connectivity index (χ0n) is 19.7. The molecular formula is C27H27NO4S2. The number of hydrogen-bond acceptors (Lipinski definition) is 6. The van der Waals surface area contributed by atoms with Crippen LogP contribution in [0.15, 0.2) is 73.9 Å². The first-order valence-corrected chi connectivity index (χ1v) is 12.8. The van der Waals surface area contributed by atoms with Gasteiger partial charge in [-0.25, -0.2) is 0 Å². The molecule has 1 saturated heterocycles. The van der Waals surface area contributed by atoms with E-state index < -0.39 is 0 Å². The van der Waals surface area contributed by atoms with Gasteiger partial charge in [-0.3, -0.25) is 14.5 Å². The molecule has 0 unspecified atom stereocenters. The van der Waals surface area contributed by atoms with Crippen molar-refractivity contribution in [2.45, 2.75) is 43.6 Å². The van der Waals surface area contributed by atoms with Gasteiger partial charge in [-0.1, -0.05) is 55.4 Å². The fourth-order valence-electron chi connectivity index (χ4n) is 3.50. The molecule has 2 aromatic carbocycles. The molecule has 7 heteroatoms. The van der Waals surface area contributed by atoms with Gasteiger partial charge in [-0.05, 0) is 73.0 Å². The van der Waals surface area contributed by atoms with Gasteiger partial charge < -0.3 is 9.15 Å². The number of thioether (sulfide) groups is 1.